The number of alkyl halides is 3. The van der Waals surface area contributed by atoms with E-state index in [0.717, 1.165) is 4.90 Å². The Morgan fingerprint density at radius 1 is 1.31 bits per heavy atom. The third-order valence-corrected chi connectivity index (χ3v) is 1.94. The topological polar surface area (TPSA) is 23.5 Å². The zero-order valence-electron chi connectivity index (χ0n) is 7.93. The average molecular weight is 199 g/mol. The van der Waals surface area contributed by atoms with Crippen molar-refractivity contribution in [3.8, 4) is 0 Å². The number of aliphatic hydroxyl groups excluding tert-OH is 1. The van der Waals surface area contributed by atoms with Crippen LogP contribution in [0.2, 0.25) is 0 Å². The molecule has 0 spiro atoms. The van der Waals surface area contributed by atoms with E-state index in [0.29, 0.717) is 0 Å². The fourth-order valence-electron chi connectivity index (χ4n) is 1.13. The molecule has 5 heteroatoms. The van der Waals surface area contributed by atoms with Crippen LogP contribution in [0.15, 0.2) is 0 Å². The summed E-state index contributed by atoms with van der Waals surface area (Å²) >= 11 is 0. The average Bonchev–Trinajstić information content (AvgIpc) is 2.06. The third kappa shape index (κ3) is 3.15. The van der Waals surface area contributed by atoms with E-state index in [1.54, 1.807) is 13.8 Å². The van der Waals surface area contributed by atoms with Gasteiger partial charge in [0, 0.05) is 26.1 Å². The molecular formula is C8H16F3NO. The van der Waals surface area contributed by atoms with Gasteiger partial charge in [-0.05, 0) is 0 Å². The zero-order chi connectivity index (χ0) is 10.5. The Balaban J connectivity index is 4.32. The number of nitrogens with zero attached hydrogens (tertiary/aromatic N) is 1. The van der Waals surface area contributed by atoms with E-state index in [1.165, 1.54) is 0 Å². The third-order valence-electron chi connectivity index (χ3n) is 1.94. The number of rotatable bonds is 6. The zero-order valence-corrected chi connectivity index (χ0v) is 7.93. The first-order valence-electron chi connectivity index (χ1n) is 4.38. The van der Waals surface area contributed by atoms with E-state index in [4.69, 9.17) is 5.11 Å². The largest absolute Gasteiger partial charge is 0.396 e. The van der Waals surface area contributed by atoms with Crippen LogP contribution in [-0.4, -0.2) is 41.9 Å². The second-order valence-electron chi connectivity index (χ2n) is 2.74. The molecule has 0 radical (unpaired) electrons. The van der Waals surface area contributed by atoms with Gasteiger partial charge in [0.25, 0.3) is 0 Å². The molecule has 0 aliphatic rings. The van der Waals surface area contributed by atoms with Crippen molar-refractivity contribution in [3.05, 3.63) is 0 Å². The van der Waals surface area contributed by atoms with E-state index in [9.17, 15) is 13.2 Å². The maximum atomic E-state index is 13.1. The molecule has 0 amide bonds. The maximum absolute atomic E-state index is 13.1. The SMILES string of the molecule is CCN(CC)C(F)(F)C(F)CCO. The van der Waals surface area contributed by atoms with E-state index < -0.39 is 25.2 Å². The summed E-state index contributed by atoms with van der Waals surface area (Å²) in [5.41, 5.74) is 0. The lowest BCUT2D eigenvalue weighted by Gasteiger charge is -2.31. The summed E-state index contributed by atoms with van der Waals surface area (Å²) in [5.74, 6) is 0. The van der Waals surface area contributed by atoms with Gasteiger partial charge < -0.3 is 5.11 Å². The second kappa shape index (κ2) is 5.44. The van der Waals surface area contributed by atoms with Crippen LogP contribution in [0.1, 0.15) is 20.3 Å². The monoisotopic (exact) mass is 199 g/mol. The normalized spacial score (nSPS) is 15.0. The summed E-state index contributed by atoms with van der Waals surface area (Å²) in [7, 11) is 0. The van der Waals surface area contributed by atoms with Crippen molar-refractivity contribution in [1.82, 2.24) is 4.90 Å². The van der Waals surface area contributed by atoms with Gasteiger partial charge in [-0.2, -0.15) is 8.78 Å². The Bertz CT molecular complexity index is 139. The van der Waals surface area contributed by atoms with Crippen molar-refractivity contribution >= 4 is 0 Å². The van der Waals surface area contributed by atoms with Crippen LogP contribution < -0.4 is 0 Å². The van der Waals surface area contributed by atoms with Crippen molar-refractivity contribution in [3.63, 3.8) is 0 Å². The first-order valence-corrected chi connectivity index (χ1v) is 4.38. The molecule has 1 atom stereocenters. The van der Waals surface area contributed by atoms with E-state index in [1.807, 2.05) is 0 Å². The van der Waals surface area contributed by atoms with Gasteiger partial charge in [-0.15, -0.1) is 0 Å². The van der Waals surface area contributed by atoms with Gasteiger partial charge in [0.15, 0.2) is 6.17 Å². The van der Waals surface area contributed by atoms with Crippen LogP contribution in [0.4, 0.5) is 13.2 Å². The van der Waals surface area contributed by atoms with Gasteiger partial charge in [-0.25, -0.2) is 9.29 Å². The molecule has 0 aliphatic carbocycles. The van der Waals surface area contributed by atoms with Gasteiger partial charge in [-0.3, -0.25) is 0 Å². The first kappa shape index (κ1) is 12.7. The molecule has 0 fully saturated rings. The lowest BCUT2D eigenvalue weighted by Crippen LogP contribution is -2.48. The number of halogens is 3. The Kier molecular flexibility index (Phi) is 5.32. The Hall–Kier alpha value is -0.290. The highest BCUT2D eigenvalue weighted by atomic mass is 19.3. The highest BCUT2D eigenvalue weighted by Gasteiger charge is 2.44. The minimum absolute atomic E-state index is 0.0926. The molecule has 0 aliphatic heterocycles. The minimum Gasteiger partial charge on any atom is -0.396 e. The summed E-state index contributed by atoms with van der Waals surface area (Å²) in [4.78, 5) is 0.743. The lowest BCUT2D eigenvalue weighted by atomic mass is 10.2. The molecular weight excluding hydrogens is 183 g/mol. The second-order valence-corrected chi connectivity index (χ2v) is 2.74. The number of hydrogen-bond donors (Lipinski definition) is 1. The Morgan fingerprint density at radius 3 is 2.08 bits per heavy atom. The van der Waals surface area contributed by atoms with Gasteiger partial charge >= 0.3 is 6.05 Å². The van der Waals surface area contributed by atoms with Crippen LogP contribution in [0.5, 0.6) is 0 Å². The first-order chi connectivity index (χ1) is 6.00. The minimum atomic E-state index is -3.47. The van der Waals surface area contributed by atoms with Gasteiger partial charge in [0.2, 0.25) is 0 Å². The van der Waals surface area contributed by atoms with Gasteiger partial charge in [-0.1, -0.05) is 13.8 Å². The van der Waals surface area contributed by atoms with Crippen molar-refractivity contribution in [2.75, 3.05) is 19.7 Å². The summed E-state index contributed by atoms with van der Waals surface area (Å²) in [6.07, 6.45) is -2.82. The summed E-state index contributed by atoms with van der Waals surface area (Å²) < 4.78 is 39.1. The molecule has 0 aromatic carbocycles. The van der Waals surface area contributed by atoms with Crippen LogP contribution in [-0.2, 0) is 0 Å². The van der Waals surface area contributed by atoms with E-state index >= 15 is 0 Å². The summed E-state index contributed by atoms with van der Waals surface area (Å²) in [6, 6.07) is -3.47. The maximum Gasteiger partial charge on any atom is 0.335 e. The van der Waals surface area contributed by atoms with Crippen molar-refractivity contribution in [2.24, 2.45) is 0 Å². The predicted molar refractivity (Wildman–Crippen MR) is 44.5 cm³/mol. The molecule has 0 saturated heterocycles. The molecule has 0 rings (SSSR count). The Labute approximate surface area is 76.3 Å². The fourth-order valence-corrected chi connectivity index (χ4v) is 1.13. The van der Waals surface area contributed by atoms with Crippen LogP contribution >= 0.6 is 0 Å². The molecule has 13 heavy (non-hydrogen) atoms. The molecule has 0 aromatic heterocycles. The predicted octanol–water partition coefficient (Wildman–Crippen LogP) is 1.64. The number of aliphatic hydroxyl groups is 1. The Morgan fingerprint density at radius 2 is 1.77 bits per heavy atom. The number of hydrogen-bond acceptors (Lipinski definition) is 2. The molecule has 1 N–H and O–H groups in total. The summed E-state index contributed by atoms with van der Waals surface area (Å²) in [5, 5.41) is 8.34. The smallest absolute Gasteiger partial charge is 0.335 e. The van der Waals surface area contributed by atoms with Gasteiger partial charge in [0.1, 0.15) is 0 Å². The molecule has 0 aromatic rings. The lowest BCUT2D eigenvalue weighted by molar-refractivity contribution is -0.191. The van der Waals surface area contributed by atoms with Crippen molar-refractivity contribution < 1.29 is 18.3 Å². The fraction of sp³-hybridized carbons (Fsp3) is 1.00. The van der Waals surface area contributed by atoms with E-state index in [-0.39, 0.29) is 13.1 Å². The highest BCUT2D eigenvalue weighted by molar-refractivity contribution is 4.76. The molecule has 80 valence electrons. The van der Waals surface area contributed by atoms with Crippen molar-refractivity contribution in [1.29, 1.82) is 0 Å². The standard InChI is InChI=1S/C8H16F3NO/c1-3-12(4-2)8(10,11)7(9)5-6-13/h7,13H,3-6H2,1-2H3. The van der Waals surface area contributed by atoms with Crippen LogP contribution in [0, 0.1) is 0 Å². The van der Waals surface area contributed by atoms with Gasteiger partial charge in [0.05, 0.1) is 0 Å². The van der Waals surface area contributed by atoms with Crippen LogP contribution in [0.3, 0.4) is 0 Å². The molecule has 0 saturated carbocycles. The van der Waals surface area contributed by atoms with Crippen LogP contribution in [0.25, 0.3) is 0 Å². The van der Waals surface area contributed by atoms with Crippen molar-refractivity contribution in [2.45, 2.75) is 32.5 Å². The van der Waals surface area contributed by atoms with E-state index in [2.05, 4.69) is 0 Å². The highest BCUT2D eigenvalue weighted by Crippen LogP contribution is 2.27. The molecule has 2 nitrogen and oxygen atoms in total. The molecule has 1 unspecified atom stereocenters. The quantitative estimate of drug-likeness (QED) is 0.657. The molecule has 0 bridgehead atoms. The summed E-state index contributed by atoms with van der Waals surface area (Å²) in [6.45, 7) is 2.72. The molecule has 0 heterocycles.